The lowest BCUT2D eigenvalue weighted by atomic mass is 10.1. The summed E-state index contributed by atoms with van der Waals surface area (Å²) >= 11 is 0. The third-order valence-electron chi connectivity index (χ3n) is 5.32. The number of benzene rings is 1. The van der Waals surface area contributed by atoms with Crippen LogP contribution in [0.3, 0.4) is 0 Å². The molecule has 0 radical (unpaired) electrons. The predicted octanol–water partition coefficient (Wildman–Crippen LogP) is 2.13. The van der Waals surface area contributed by atoms with Crippen LogP contribution in [0.4, 0.5) is 0 Å². The number of morpholine rings is 1. The van der Waals surface area contributed by atoms with Gasteiger partial charge >= 0.3 is 0 Å². The average Bonchev–Trinajstić information content (AvgIpc) is 2.89. The molecule has 0 saturated carbocycles. The number of aliphatic hydroxyl groups is 1. The number of para-hydroxylation sites is 1. The number of hydrogen-bond acceptors (Lipinski definition) is 5. The van der Waals surface area contributed by atoms with E-state index in [1.165, 1.54) is 24.8 Å². The first-order chi connectivity index (χ1) is 12.4. The Hall–Kier alpha value is -1.14. The van der Waals surface area contributed by atoms with Crippen molar-refractivity contribution in [2.24, 2.45) is 0 Å². The van der Waals surface area contributed by atoms with Gasteiger partial charge in [0, 0.05) is 37.8 Å². The summed E-state index contributed by atoms with van der Waals surface area (Å²) < 4.78 is 11.5. The van der Waals surface area contributed by atoms with Crippen molar-refractivity contribution in [3.63, 3.8) is 0 Å². The minimum atomic E-state index is 0.250. The van der Waals surface area contributed by atoms with Crippen LogP contribution in [-0.2, 0) is 11.3 Å². The first-order valence-electron chi connectivity index (χ1n) is 9.72. The fraction of sp³-hybridized carbons (Fsp3) is 0.700. The van der Waals surface area contributed by atoms with Gasteiger partial charge in [0.05, 0.1) is 19.8 Å². The van der Waals surface area contributed by atoms with Crippen molar-refractivity contribution < 1.29 is 14.6 Å². The Kier molecular flexibility index (Phi) is 7.55. The molecule has 5 nitrogen and oxygen atoms in total. The van der Waals surface area contributed by atoms with Crippen molar-refractivity contribution in [1.82, 2.24) is 9.80 Å². The summed E-state index contributed by atoms with van der Waals surface area (Å²) in [6.07, 6.45) is 4.80. The average molecular weight is 348 g/mol. The molecule has 2 fully saturated rings. The van der Waals surface area contributed by atoms with E-state index in [2.05, 4.69) is 28.0 Å². The minimum absolute atomic E-state index is 0.250. The van der Waals surface area contributed by atoms with Crippen LogP contribution in [0.1, 0.15) is 31.2 Å². The van der Waals surface area contributed by atoms with Crippen LogP contribution in [-0.4, -0.2) is 73.6 Å². The van der Waals surface area contributed by atoms with Crippen LogP contribution in [0, 0.1) is 0 Å². The largest absolute Gasteiger partial charge is 0.492 e. The molecule has 0 aromatic heterocycles. The van der Waals surface area contributed by atoms with E-state index in [4.69, 9.17) is 9.47 Å². The highest BCUT2D eigenvalue weighted by atomic mass is 16.5. The number of aliphatic hydroxyl groups excluding tert-OH is 1. The summed E-state index contributed by atoms with van der Waals surface area (Å²) in [5, 5.41) is 9.73. The van der Waals surface area contributed by atoms with Gasteiger partial charge in [0.15, 0.2) is 0 Å². The number of nitrogens with zero attached hydrogens (tertiary/aromatic N) is 2. The standard InChI is InChI=1S/C20H32N2O3/c23-17-19-7-2-1-5-9-22(19)16-18-6-3-4-8-20(18)25-15-12-21-10-13-24-14-11-21/h3-4,6,8,19,23H,1-2,5,7,9-17H2. The van der Waals surface area contributed by atoms with Crippen LogP contribution in [0.2, 0.25) is 0 Å². The smallest absolute Gasteiger partial charge is 0.123 e. The summed E-state index contributed by atoms with van der Waals surface area (Å²) in [4.78, 5) is 4.82. The zero-order valence-electron chi connectivity index (χ0n) is 15.2. The summed E-state index contributed by atoms with van der Waals surface area (Å²) in [5.41, 5.74) is 1.23. The fourth-order valence-corrected chi connectivity index (χ4v) is 3.76. The van der Waals surface area contributed by atoms with Crippen molar-refractivity contribution in [1.29, 1.82) is 0 Å². The van der Waals surface area contributed by atoms with Gasteiger partial charge in [-0.25, -0.2) is 0 Å². The normalized spacial score (nSPS) is 23.3. The van der Waals surface area contributed by atoms with Gasteiger partial charge in [-0.15, -0.1) is 0 Å². The monoisotopic (exact) mass is 348 g/mol. The maximum Gasteiger partial charge on any atom is 0.123 e. The maximum atomic E-state index is 9.73. The highest BCUT2D eigenvalue weighted by Crippen LogP contribution is 2.24. The van der Waals surface area contributed by atoms with Crippen LogP contribution in [0.15, 0.2) is 24.3 Å². The molecule has 3 rings (SSSR count). The van der Waals surface area contributed by atoms with Crippen LogP contribution < -0.4 is 4.74 Å². The molecule has 1 unspecified atom stereocenters. The Morgan fingerprint density at radius 3 is 2.76 bits per heavy atom. The topological polar surface area (TPSA) is 45.2 Å². The SMILES string of the molecule is OCC1CCCCCN1Cc1ccccc1OCCN1CCOCC1. The Labute approximate surface area is 151 Å². The Morgan fingerprint density at radius 2 is 1.92 bits per heavy atom. The van der Waals surface area contributed by atoms with E-state index >= 15 is 0 Å². The van der Waals surface area contributed by atoms with Crippen LogP contribution in [0.25, 0.3) is 0 Å². The number of ether oxygens (including phenoxy) is 2. The molecule has 1 N–H and O–H groups in total. The van der Waals surface area contributed by atoms with Gasteiger partial charge in [0.2, 0.25) is 0 Å². The van der Waals surface area contributed by atoms with Gasteiger partial charge in [-0.05, 0) is 25.5 Å². The first-order valence-corrected chi connectivity index (χ1v) is 9.72. The fourth-order valence-electron chi connectivity index (χ4n) is 3.76. The number of likely N-dealkylation sites (tertiary alicyclic amines) is 1. The minimum Gasteiger partial charge on any atom is -0.492 e. The Morgan fingerprint density at radius 1 is 1.08 bits per heavy atom. The van der Waals surface area contributed by atoms with E-state index in [1.54, 1.807) is 0 Å². The van der Waals surface area contributed by atoms with Crippen LogP contribution >= 0.6 is 0 Å². The second-order valence-electron chi connectivity index (χ2n) is 7.07. The quantitative estimate of drug-likeness (QED) is 0.818. The second-order valence-corrected chi connectivity index (χ2v) is 7.07. The Balaban J connectivity index is 1.56. The van der Waals surface area contributed by atoms with E-state index in [1.807, 2.05) is 6.07 Å². The molecule has 1 atom stereocenters. The molecule has 0 amide bonds. The molecule has 5 heteroatoms. The van der Waals surface area contributed by atoms with E-state index in [9.17, 15) is 5.11 Å². The number of hydrogen-bond donors (Lipinski definition) is 1. The van der Waals surface area contributed by atoms with E-state index in [0.717, 1.165) is 58.1 Å². The lowest BCUT2D eigenvalue weighted by Crippen LogP contribution is -2.39. The van der Waals surface area contributed by atoms with Crippen molar-refractivity contribution >= 4 is 0 Å². The van der Waals surface area contributed by atoms with E-state index < -0.39 is 0 Å². The van der Waals surface area contributed by atoms with E-state index in [0.29, 0.717) is 6.61 Å². The van der Waals surface area contributed by atoms with Crippen molar-refractivity contribution in [2.75, 3.05) is 52.6 Å². The summed E-state index contributed by atoms with van der Waals surface area (Å²) in [5.74, 6) is 0.983. The molecule has 2 heterocycles. The van der Waals surface area contributed by atoms with Crippen molar-refractivity contribution in [3.05, 3.63) is 29.8 Å². The first kappa shape index (κ1) is 18.6. The van der Waals surface area contributed by atoms with Gasteiger partial charge in [0.25, 0.3) is 0 Å². The van der Waals surface area contributed by atoms with Gasteiger partial charge in [-0.1, -0.05) is 31.0 Å². The molecule has 140 valence electrons. The van der Waals surface area contributed by atoms with Gasteiger partial charge in [0.1, 0.15) is 12.4 Å². The highest BCUT2D eigenvalue weighted by Gasteiger charge is 2.21. The zero-order valence-corrected chi connectivity index (χ0v) is 15.2. The molecular weight excluding hydrogens is 316 g/mol. The molecule has 1 aromatic rings. The molecule has 2 saturated heterocycles. The van der Waals surface area contributed by atoms with Crippen LogP contribution in [0.5, 0.6) is 5.75 Å². The summed E-state index contributed by atoms with van der Waals surface area (Å²) in [6, 6.07) is 8.63. The summed E-state index contributed by atoms with van der Waals surface area (Å²) in [6.45, 7) is 7.48. The molecule has 1 aromatic carbocycles. The molecular formula is C20H32N2O3. The van der Waals surface area contributed by atoms with Crippen molar-refractivity contribution in [3.8, 4) is 5.75 Å². The molecule has 25 heavy (non-hydrogen) atoms. The third kappa shape index (κ3) is 5.68. The molecule has 0 bridgehead atoms. The zero-order chi connectivity index (χ0) is 17.3. The van der Waals surface area contributed by atoms with Crippen molar-refractivity contribution in [2.45, 2.75) is 38.3 Å². The number of rotatable bonds is 7. The lowest BCUT2D eigenvalue weighted by Gasteiger charge is -2.29. The van der Waals surface area contributed by atoms with Gasteiger partial charge < -0.3 is 14.6 Å². The predicted molar refractivity (Wildman–Crippen MR) is 98.9 cm³/mol. The molecule has 2 aliphatic heterocycles. The van der Waals surface area contributed by atoms with E-state index in [-0.39, 0.29) is 12.6 Å². The second kappa shape index (κ2) is 10.1. The molecule has 0 aliphatic carbocycles. The van der Waals surface area contributed by atoms with Gasteiger partial charge in [-0.2, -0.15) is 0 Å². The highest BCUT2D eigenvalue weighted by molar-refractivity contribution is 5.33. The third-order valence-corrected chi connectivity index (χ3v) is 5.32. The molecule has 0 spiro atoms. The Bertz CT molecular complexity index is 505. The lowest BCUT2D eigenvalue weighted by molar-refractivity contribution is 0.0321. The van der Waals surface area contributed by atoms with Gasteiger partial charge in [-0.3, -0.25) is 9.80 Å². The molecule has 2 aliphatic rings. The maximum absolute atomic E-state index is 9.73. The summed E-state index contributed by atoms with van der Waals surface area (Å²) in [7, 11) is 0.